The second-order valence-electron chi connectivity index (χ2n) is 7.55. The zero-order valence-corrected chi connectivity index (χ0v) is 17.2. The molecule has 1 fully saturated rings. The molecule has 3 aromatic carbocycles. The summed E-state index contributed by atoms with van der Waals surface area (Å²) in [5, 5.41) is 2.19. The molecule has 1 saturated heterocycles. The van der Waals surface area contributed by atoms with Crippen LogP contribution in [0.3, 0.4) is 0 Å². The van der Waals surface area contributed by atoms with Gasteiger partial charge in [0, 0.05) is 19.1 Å². The number of hydrogen-bond acceptors (Lipinski definition) is 3. The topological polar surface area (TPSA) is 66.5 Å². The summed E-state index contributed by atoms with van der Waals surface area (Å²) in [5.41, 5.74) is 0.997. The van der Waals surface area contributed by atoms with Crippen LogP contribution in [0.4, 0.5) is 4.39 Å². The molecule has 1 heterocycles. The molecular formula is C23H23FN2O3S. The second-order valence-corrected chi connectivity index (χ2v) is 9.26. The van der Waals surface area contributed by atoms with E-state index < -0.39 is 15.8 Å². The highest BCUT2D eigenvalue weighted by atomic mass is 32.2. The van der Waals surface area contributed by atoms with Crippen molar-refractivity contribution in [2.45, 2.75) is 30.2 Å². The van der Waals surface area contributed by atoms with E-state index in [-0.39, 0.29) is 16.8 Å². The normalized spacial score (nSPS) is 15.4. The molecule has 1 aliphatic rings. The van der Waals surface area contributed by atoms with Crippen LogP contribution in [0.5, 0.6) is 0 Å². The average Bonchev–Trinajstić information content (AvgIpc) is 2.74. The summed E-state index contributed by atoms with van der Waals surface area (Å²) in [5.74, 6) is -0.432. The summed E-state index contributed by atoms with van der Waals surface area (Å²) in [4.78, 5) is 14.6. The fourth-order valence-corrected chi connectivity index (χ4v) is 5.17. The van der Waals surface area contributed by atoms with Gasteiger partial charge < -0.3 is 4.90 Å². The number of carbonyl (C=O) groups is 1. The van der Waals surface area contributed by atoms with Crippen molar-refractivity contribution in [1.29, 1.82) is 0 Å². The molecule has 0 atom stereocenters. The van der Waals surface area contributed by atoms with Crippen LogP contribution in [0.15, 0.2) is 71.6 Å². The minimum absolute atomic E-state index is 0.0401. The Labute approximate surface area is 175 Å². The molecule has 3 aromatic rings. The zero-order valence-electron chi connectivity index (χ0n) is 16.4. The Morgan fingerprint density at radius 3 is 2.37 bits per heavy atom. The van der Waals surface area contributed by atoms with Crippen LogP contribution < -0.4 is 4.72 Å². The van der Waals surface area contributed by atoms with Gasteiger partial charge in [0.1, 0.15) is 5.82 Å². The maximum absolute atomic E-state index is 13.0. The molecular weight excluding hydrogens is 403 g/mol. The van der Waals surface area contributed by atoms with Gasteiger partial charge >= 0.3 is 0 Å². The summed E-state index contributed by atoms with van der Waals surface area (Å²) in [6, 6.07) is 18.5. The molecule has 0 unspecified atom stereocenters. The fourth-order valence-electron chi connectivity index (χ4n) is 3.87. The van der Waals surface area contributed by atoms with Crippen molar-refractivity contribution >= 4 is 26.7 Å². The number of fused-ring (bicyclic) bond motifs is 1. The molecule has 0 bridgehead atoms. The number of hydrogen-bond donors (Lipinski definition) is 1. The summed E-state index contributed by atoms with van der Waals surface area (Å²) < 4.78 is 40.7. The lowest BCUT2D eigenvalue weighted by Crippen LogP contribution is -2.46. The summed E-state index contributed by atoms with van der Waals surface area (Å²) in [7, 11) is -3.71. The molecule has 0 aromatic heterocycles. The van der Waals surface area contributed by atoms with Crippen LogP contribution in [0, 0.1) is 5.82 Å². The number of sulfonamides is 1. The second kappa shape index (κ2) is 8.53. The van der Waals surface area contributed by atoms with Gasteiger partial charge in [-0.05, 0) is 53.4 Å². The molecule has 1 N–H and O–H groups in total. The first-order valence-electron chi connectivity index (χ1n) is 9.95. The average molecular weight is 427 g/mol. The Bertz CT molecular complexity index is 1150. The molecule has 4 rings (SSSR count). The first-order chi connectivity index (χ1) is 14.4. The predicted molar refractivity (Wildman–Crippen MR) is 114 cm³/mol. The van der Waals surface area contributed by atoms with E-state index in [1.54, 1.807) is 4.90 Å². The van der Waals surface area contributed by atoms with Crippen molar-refractivity contribution in [3.05, 3.63) is 78.1 Å². The molecule has 0 saturated carbocycles. The first kappa shape index (κ1) is 20.5. The number of rotatable bonds is 5. The number of benzene rings is 3. The number of likely N-dealkylation sites (tertiary alicyclic amines) is 1. The van der Waals surface area contributed by atoms with Crippen LogP contribution in [-0.4, -0.2) is 38.4 Å². The summed E-state index contributed by atoms with van der Waals surface area (Å²) in [6.07, 6.45) is 1.41. The van der Waals surface area contributed by atoms with Gasteiger partial charge in [-0.25, -0.2) is 17.5 Å². The molecule has 30 heavy (non-hydrogen) atoms. The smallest absolute Gasteiger partial charge is 0.240 e. The monoisotopic (exact) mass is 426 g/mol. The van der Waals surface area contributed by atoms with E-state index in [1.165, 1.54) is 12.1 Å². The van der Waals surface area contributed by atoms with Crippen molar-refractivity contribution in [3.8, 4) is 0 Å². The van der Waals surface area contributed by atoms with E-state index in [0.29, 0.717) is 32.4 Å². The van der Waals surface area contributed by atoms with Gasteiger partial charge in [0.05, 0.1) is 11.3 Å². The number of carbonyl (C=O) groups excluding carboxylic acids is 1. The molecule has 0 aliphatic carbocycles. The third-order valence-corrected chi connectivity index (χ3v) is 7.05. The number of piperidine rings is 1. The van der Waals surface area contributed by atoms with E-state index in [1.807, 2.05) is 42.5 Å². The Morgan fingerprint density at radius 2 is 1.63 bits per heavy atom. The van der Waals surface area contributed by atoms with Crippen LogP contribution in [0.1, 0.15) is 18.4 Å². The van der Waals surface area contributed by atoms with E-state index in [0.717, 1.165) is 28.5 Å². The van der Waals surface area contributed by atoms with Crippen molar-refractivity contribution in [2.24, 2.45) is 0 Å². The standard InChI is InChI=1S/C23H23FN2O3S/c24-19-8-10-21(11-9-19)30(28,29)25-20-12-14-26(15-13-20)23(27)16-18-6-3-5-17-4-1-2-7-22(17)18/h1-11,20,25H,12-16H2. The maximum atomic E-state index is 13.0. The number of amides is 1. The van der Waals surface area contributed by atoms with Crippen molar-refractivity contribution < 1.29 is 17.6 Å². The van der Waals surface area contributed by atoms with Gasteiger partial charge in [-0.3, -0.25) is 4.79 Å². The lowest BCUT2D eigenvalue weighted by atomic mass is 10.0. The van der Waals surface area contributed by atoms with Crippen LogP contribution in [0.2, 0.25) is 0 Å². The quantitative estimate of drug-likeness (QED) is 0.679. The zero-order chi connectivity index (χ0) is 21.1. The highest BCUT2D eigenvalue weighted by Crippen LogP contribution is 2.21. The van der Waals surface area contributed by atoms with Crippen LogP contribution >= 0.6 is 0 Å². The largest absolute Gasteiger partial charge is 0.342 e. The van der Waals surface area contributed by atoms with E-state index in [4.69, 9.17) is 0 Å². The minimum atomic E-state index is -3.71. The maximum Gasteiger partial charge on any atom is 0.240 e. The highest BCUT2D eigenvalue weighted by Gasteiger charge is 2.27. The van der Waals surface area contributed by atoms with Crippen LogP contribution in [-0.2, 0) is 21.2 Å². The number of nitrogens with zero attached hydrogens (tertiary/aromatic N) is 1. The predicted octanol–water partition coefficient (Wildman–Crippen LogP) is 3.49. The lowest BCUT2D eigenvalue weighted by Gasteiger charge is -2.32. The van der Waals surface area contributed by atoms with Crippen molar-refractivity contribution in [1.82, 2.24) is 9.62 Å². The Kier molecular flexibility index (Phi) is 5.83. The lowest BCUT2D eigenvalue weighted by molar-refractivity contribution is -0.131. The van der Waals surface area contributed by atoms with E-state index in [9.17, 15) is 17.6 Å². The van der Waals surface area contributed by atoms with Crippen molar-refractivity contribution in [3.63, 3.8) is 0 Å². The molecule has 1 amide bonds. The number of nitrogens with one attached hydrogen (secondary N) is 1. The van der Waals surface area contributed by atoms with Gasteiger partial charge in [0.15, 0.2) is 0 Å². The van der Waals surface area contributed by atoms with E-state index in [2.05, 4.69) is 4.72 Å². The van der Waals surface area contributed by atoms with Gasteiger partial charge in [-0.2, -0.15) is 0 Å². The Balaban J connectivity index is 1.36. The summed E-state index contributed by atoms with van der Waals surface area (Å²) >= 11 is 0. The molecule has 0 radical (unpaired) electrons. The first-order valence-corrected chi connectivity index (χ1v) is 11.4. The molecule has 7 heteroatoms. The fraction of sp³-hybridized carbons (Fsp3) is 0.261. The third-order valence-electron chi connectivity index (χ3n) is 5.52. The molecule has 1 aliphatic heterocycles. The SMILES string of the molecule is O=C(Cc1cccc2ccccc12)N1CCC(NS(=O)(=O)c2ccc(F)cc2)CC1. The van der Waals surface area contributed by atoms with Gasteiger partial charge in [0.2, 0.25) is 15.9 Å². The minimum Gasteiger partial charge on any atom is -0.342 e. The van der Waals surface area contributed by atoms with Crippen molar-refractivity contribution in [2.75, 3.05) is 13.1 Å². The van der Waals surface area contributed by atoms with Gasteiger partial charge in [-0.15, -0.1) is 0 Å². The Morgan fingerprint density at radius 1 is 0.967 bits per heavy atom. The van der Waals surface area contributed by atoms with E-state index >= 15 is 0 Å². The third kappa shape index (κ3) is 4.52. The van der Waals surface area contributed by atoms with Gasteiger partial charge in [-0.1, -0.05) is 42.5 Å². The molecule has 5 nitrogen and oxygen atoms in total. The molecule has 0 spiro atoms. The number of halogens is 1. The Hall–Kier alpha value is -2.77. The summed E-state index contributed by atoms with van der Waals surface area (Å²) in [6.45, 7) is 1.00. The van der Waals surface area contributed by atoms with Crippen LogP contribution in [0.25, 0.3) is 10.8 Å². The highest BCUT2D eigenvalue weighted by molar-refractivity contribution is 7.89. The van der Waals surface area contributed by atoms with Gasteiger partial charge in [0.25, 0.3) is 0 Å². The molecule has 156 valence electrons.